The minimum atomic E-state index is -3.75. The summed E-state index contributed by atoms with van der Waals surface area (Å²) in [5.41, 5.74) is 0.477. The Hall–Kier alpha value is -2.50. The topological polar surface area (TPSA) is 118 Å². The highest BCUT2D eigenvalue weighted by Gasteiger charge is 2.38. The molecule has 2 amide bonds. The number of carbonyl (C=O) groups is 2. The van der Waals surface area contributed by atoms with Crippen LogP contribution >= 0.6 is 11.3 Å². The second-order valence-electron chi connectivity index (χ2n) is 7.25. The number of rotatable bonds is 6. The van der Waals surface area contributed by atoms with Gasteiger partial charge in [0.1, 0.15) is 0 Å². The third kappa shape index (κ3) is 4.63. The molecule has 4 rings (SSSR count). The van der Waals surface area contributed by atoms with Gasteiger partial charge in [0.05, 0.1) is 10.8 Å². The highest BCUT2D eigenvalue weighted by atomic mass is 32.2. The predicted molar refractivity (Wildman–Crippen MR) is 112 cm³/mol. The summed E-state index contributed by atoms with van der Waals surface area (Å²) in [5.74, 6) is -0.665. The zero-order chi connectivity index (χ0) is 21.1. The van der Waals surface area contributed by atoms with Crippen molar-refractivity contribution in [3.8, 4) is 0 Å². The molecule has 11 heteroatoms. The highest BCUT2D eigenvalue weighted by molar-refractivity contribution is 7.93. The fourth-order valence-electron chi connectivity index (χ4n) is 3.67. The number of ether oxygens (including phenoxy) is 1. The molecule has 0 aliphatic carbocycles. The standard InChI is InChI=1S/C19H22N4O5S2/c24-17-11-13(12-23(17)15-5-8-28-9-6-15)18(25)21-14-1-3-16(4-2-14)30(26,27)22-19-20-7-10-29-19/h1-4,7,10,13,15H,5-6,8-9,11-12H2,(H,20,22)(H,21,25). The Morgan fingerprint density at radius 1 is 1.20 bits per heavy atom. The Morgan fingerprint density at radius 3 is 2.60 bits per heavy atom. The molecule has 9 nitrogen and oxygen atoms in total. The van der Waals surface area contributed by atoms with Gasteiger partial charge in [0.25, 0.3) is 10.0 Å². The molecule has 0 saturated carbocycles. The van der Waals surface area contributed by atoms with Crippen molar-refractivity contribution in [3.05, 3.63) is 35.8 Å². The van der Waals surface area contributed by atoms with Gasteiger partial charge in [0.2, 0.25) is 11.8 Å². The molecule has 1 aromatic heterocycles. The van der Waals surface area contributed by atoms with Crippen molar-refractivity contribution in [2.75, 3.05) is 29.8 Å². The predicted octanol–water partition coefficient (Wildman–Crippen LogP) is 1.91. The lowest BCUT2D eigenvalue weighted by atomic mass is 10.1. The number of hydrogen-bond acceptors (Lipinski definition) is 7. The Kier molecular flexibility index (Phi) is 6.02. The molecule has 2 aliphatic heterocycles. The molecule has 30 heavy (non-hydrogen) atoms. The summed E-state index contributed by atoms with van der Waals surface area (Å²) in [6.07, 6.45) is 3.29. The number of carbonyl (C=O) groups excluding carboxylic acids is 2. The van der Waals surface area contributed by atoms with Crippen LogP contribution in [0.5, 0.6) is 0 Å². The number of anilines is 2. The van der Waals surface area contributed by atoms with Crippen LogP contribution in [0.15, 0.2) is 40.7 Å². The highest BCUT2D eigenvalue weighted by Crippen LogP contribution is 2.26. The van der Waals surface area contributed by atoms with Crippen LogP contribution in [-0.2, 0) is 24.3 Å². The number of hydrogen-bond donors (Lipinski definition) is 2. The number of sulfonamides is 1. The van der Waals surface area contributed by atoms with Crippen molar-refractivity contribution in [1.29, 1.82) is 0 Å². The van der Waals surface area contributed by atoms with Crippen LogP contribution in [0.25, 0.3) is 0 Å². The molecule has 3 heterocycles. The number of benzene rings is 1. The van der Waals surface area contributed by atoms with E-state index in [2.05, 4.69) is 15.0 Å². The maximum Gasteiger partial charge on any atom is 0.263 e. The summed E-state index contributed by atoms with van der Waals surface area (Å²) in [5, 5.41) is 4.74. The second kappa shape index (κ2) is 8.70. The molecule has 0 bridgehead atoms. The first-order valence-electron chi connectivity index (χ1n) is 9.63. The second-order valence-corrected chi connectivity index (χ2v) is 9.82. The molecule has 2 N–H and O–H groups in total. The van der Waals surface area contributed by atoms with E-state index in [4.69, 9.17) is 4.74 Å². The molecule has 160 valence electrons. The SMILES string of the molecule is O=C(Nc1ccc(S(=O)(=O)Nc2nccs2)cc1)C1CC(=O)N(C2CCOCC2)C1. The zero-order valence-electron chi connectivity index (χ0n) is 16.1. The molecule has 1 unspecified atom stereocenters. The lowest BCUT2D eigenvalue weighted by Gasteiger charge is -2.31. The van der Waals surface area contributed by atoms with Gasteiger partial charge in [0.15, 0.2) is 5.13 Å². The van der Waals surface area contributed by atoms with Gasteiger partial charge in [-0.25, -0.2) is 13.4 Å². The fraction of sp³-hybridized carbons (Fsp3) is 0.421. The summed E-state index contributed by atoms with van der Waals surface area (Å²) in [7, 11) is -3.75. The minimum Gasteiger partial charge on any atom is -0.381 e. The van der Waals surface area contributed by atoms with E-state index >= 15 is 0 Å². The van der Waals surface area contributed by atoms with Crippen LogP contribution in [-0.4, -0.2) is 55.9 Å². The van der Waals surface area contributed by atoms with E-state index in [1.807, 2.05) is 0 Å². The lowest BCUT2D eigenvalue weighted by molar-refractivity contribution is -0.131. The molecular weight excluding hydrogens is 428 g/mol. The molecule has 2 fully saturated rings. The van der Waals surface area contributed by atoms with Crippen molar-refractivity contribution in [2.45, 2.75) is 30.2 Å². The number of amides is 2. The van der Waals surface area contributed by atoms with E-state index in [-0.39, 0.29) is 34.3 Å². The minimum absolute atomic E-state index is 0.00301. The van der Waals surface area contributed by atoms with Crippen LogP contribution in [0, 0.1) is 5.92 Å². The molecule has 2 aromatic rings. The Morgan fingerprint density at radius 2 is 1.93 bits per heavy atom. The number of likely N-dealkylation sites (tertiary alicyclic amines) is 1. The van der Waals surface area contributed by atoms with E-state index in [1.165, 1.54) is 41.8 Å². The summed E-state index contributed by atoms with van der Waals surface area (Å²) < 4.78 is 32.5. The van der Waals surface area contributed by atoms with Crippen molar-refractivity contribution in [3.63, 3.8) is 0 Å². The van der Waals surface area contributed by atoms with Crippen LogP contribution in [0.4, 0.5) is 10.8 Å². The van der Waals surface area contributed by atoms with E-state index in [0.717, 1.165) is 12.8 Å². The third-order valence-corrected chi connectivity index (χ3v) is 7.42. The monoisotopic (exact) mass is 450 g/mol. The van der Waals surface area contributed by atoms with Crippen LogP contribution in [0.3, 0.4) is 0 Å². The van der Waals surface area contributed by atoms with Gasteiger partial charge >= 0.3 is 0 Å². The number of nitrogens with zero attached hydrogens (tertiary/aromatic N) is 2. The first kappa shape index (κ1) is 20.8. The molecular formula is C19H22N4O5S2. The largest absolute Gasteiger partial charge is 0.381 e. The van der Waals surface area contributed by atoms with Gasteiger partial charge < -0.3 is 15.0 Å². The van der Waals surface area contributed by atoms with Crippen LogP contribution < -0.4 is 10.0 Å². The summed E-state index contributed by atoms with van der Waals surface area (Å²) in [6, 6.07) is 6.03. The van der Waals surface area contributed by atoms with Gasteiger partial charge in [-0.3, -0.25) is 14.3 Å². The summed E-state index contributed by atoms with van der Waals surface area (Å²) in [6.45, 7) is 1.68. The van der Waals surface area contributed by atoms with Gasteiger partial charge in [-0.1, -0.05) is 0 Å². The van der Waals surface area contributed by atoms with E-state index in [1.54, 1.807) is 10.3 Å². The van der Waals surface area contributed by atoms with Gasteiger partial charge in [-0.2, -0.15) is 0 Å². The first-order chi connectivity index (χ1) is 14.4. The quantitative estimate of drug-likeness (QED) is 0.694. The summed E-state index contributed by atoms with van der Waals surface area (Å²) in [4.78, 5) is 30.8. The van der Waals surface area contributed by atoms with Crippen molar-refractivity contribution >= 4 is 44.0 Å². The first-order valence-corrected chi connectivity index (χ1v) is 12.0. The Labute approximate surface area is 178 Å². The number of nitrogens with one attached hydrogen (secondary N) is 2. The maximum absolute atomic E-state index is 12.6. The molecule has 0 spiro atoms. The van der Waals surface area contributed by atoms with E-state index < -0.39 is 15.9 Å². The van der Waals surface area contributed by atoms with Crippen LogP contribution in [0.2, 0.25) is 0 Å². The van der Waals surface area contributed by atoms with E-state index in [0.29, 0.717) is 25.4 Å². The third-order valence-electron chi connectivity index (χ3n) is 5.25. The van der Waals surface area contributed by atoms with Gasteiger partial charge in [-0.15, -0.1) is 11.3 Å². The zero-order valence-corrected chi connectivity index (χ0v) is 17.7. The lowest BCUT2D eigenvalue weighted by Crippen LogP contribution is -2.41. The molecule has 2 aliphatic rings. The van der Waals surface area contributed by atoms with Gasteiger partial charge in [0, 0.05) is 49.5 Å². The Bertz CT molecular complexity index is 1000. The maximum atomic E-state index is 12.6. The van der Waals surface area contributed by atoms with Gasteiger partial charge in [-0.05, 0) is 37.1 Å². The average molecular weight is 451 g/mol. The molecule has 0 radical (unpaired) electrons. The van der Waals surface area contributed by atoms with Crippen molar-refractivity contribution < 1.29 is 22.7 Å². The van der Waals surface area contributed by atoms with Crippen molar-refractivity contribution in [1.82, 2.24) is 9.88 Å². The average Bonchev–Trinajstić information content (AvgIpc) is 3.38. The fourth-order valence-corrected chi connectivity index (χ4v) is 5.46. The van der Waals surface area contributed by atoms with Crippen molar-refractivity contribution in [2.24, 2.45) is 5.92 Å². The normalized spacial score (nSPS) is 20.3. The smallest absolute Gasteiger partial charge is 0.263 e. The summed E-state index contributed by atoms with van der Waals surface area (Å²) >= 11 is 1.18. The van der Waals surface area contributed by atoms with Crippen LogP contribution in [0.1, 0.15) is 19.3 Å². The molecule has 2 saturated heterocycles. The van der Waals surface area contributed by atoms with E-state index in [9.17, 15) is 18.0 Å². The number of thiazole rings is 1. The Balaban J connectivity index is 1.36. The molecule has 1 atom stereocenters. The molecule has 1 aromatic carbocycles. The number of aromatic nitrogens is 1.